The smallest absolute Gasteiger partial charge is 0.258 e. The standard InChI is InChI=1S/C25H18ClFN4OS/c1-15-21(24-29-23(30-32-24)17-8-5-9-18(26)13-17)22(16-7-6-10-19(27)14-16)28-25(33)31(15)20-11-3-2-4-12-20/h2-14,22H,1H3,(H,28,33). The van der Waals surface area contributed by atoms with E-state index in [4.69, 9.17) is 28.3 Å². The zero-order valence-electron chi connectivity index (χ0n) is 17.5. The van der Waals surface area contributed by atoms with Crippen LogP contribution in [0.2, 0.25) is 5.02 Å². The molecule has 0 aliphatic carbocycles. The maximum Gasteiger partial charge on any atom is 0.258 e. The molecule has 3 aromatic carbocycles. The van der Waals surface area contributed by atoms with Gasteiger partial charge in [0, 0.05) is 22.0 Å². The molecule has 5 rings (SSSR count). The van der Waals surface area contributed by atoms with Gasteiger partial charge in [-0.05, 0) is 61.1 Å². The third-order valence-corrected chi connectivity index (χ3v) is 5.96. The summed E-state index contributed by atoms with van der Waals surface area (Å²) in [6, 6.07) is 22.9. The van der Waals surface area contributed by atoms with Gasteiger partial charge in [-0.1, -0.05) is 59.2 Å². The molecule has 1 aromatic heterocycles. The number of halogens is 2. The third kappa shape index (κ3) is 4.13. The highest BCUT2D eigenvalue weighted by atomic mass is 35.5. The van der Waals surface area contributed by atoms with Crippen molar-refractivity contribution < 1.29 is 8.91 Å². The van der Waals surface area contributed by atoms with Crippen LogP contribution in [-0.4, -0.2) is 15.3 Å². The Labute approximate surface area is 200 Å². The number of benzene rings is 3. The number of nitrogens with one attached hydrogen (secondary N) is 1. The van der Waals surface area contributed by atoms with Crippen molar-refractivity contribution >= 4 is 40.2 Å². The van der Waals surface area contributed by atoms with E-state index in [0.29, 0.717) is 33.0 Å². The molecule has 0 fully saturated rings. The molecule has 0 radical (unpaired) electrons. The van der Waals surface area contributed by atoms with E-state index >= 15 is 0 Å². The van der Waals surface area contributed by atoms with E-state index in [-0.39, 0.29) is 5.82 Å². The fourth-order valence-corrected chi connectivity index (χ4v) is 4.47. The summed E-state index contributed by atoms with van der Waals surface area (Å²) >= 11 is 11.8. The SMILES string of the molecule is CC1=C(c2nc(-c3cccc(Cl)c3)no2)C(c2cccc(F)c2)NC(=S)N1c1ccccc1. The topological polar surface area (TPSA) is 54.2 Å². The maximum absolute atomic E-state index is 14.1. The largest absolute Gasteiger partial charge is 0.351 e. The molecule has 2 heterocycles. The van der Waals surface area contributed by atoms with Gasteiger partial charge < -0.3 is 9.84 Å². The lowest BCUT2D eigenvalue weighted by Crippen LogP contribution is -2.46. The van der Waals surface area contributed by atoms with Crippen LogP contribution in [0.1, 0.15) is 24.4 Å². The monoisotopic (exact) mass is 476 g/mol. The van der Waals surface area contributed by atoms with Gasteiger partial charge in [0.15, 0.2) is 5.11 Å². The molecule has 1 atom stereocenters. The Morgan fingerprint density at radius 2 is 1.82 bits per heavy atom. The number of hydrogen-bond donors (Lipinski definition) is 1. The number of para-hydroxylation sites is 1. The second-order valence-electron chi connectivity index (χ2n) is 7.54. The number of nitrogens with zero attached hydrogens (tertiary/aromatic N) is 3. The van der Waals surface area contributed by atoms with E-state index in [0.717, 1.165) is 16.9 Å². The highest BCUT2D eigenvalue weighted by Gasteiger charge is 2.34. The Kier molecular flexibility index (Phi) is 5.66. The van der Waals surface area contributed by atoms with Crippen LogP contribution in [0.15, 0.2) is 89.1 Å². The zero-order valence-corrected chi connectivity index (χ0v) is 19.1. The summed E-state index contributed by atoms with van der Waals surface area (Å²) in [5.74, 6) is 0.380. The highest BCUT2D eigenvalue weighted by molar-refractivity contribution is 7.80. The predicted molar refractivity (Wildman–Crippen MR) is 131 cm³/mol. The number of aromatic nitrogens is 2. The molecule has 4 aromatic rings. The Hall–Kier alpha value is -3.55. The molecule has 1 N–H and O–H groups in total. The van der Waals surface area contributed by atoms with Gasteiger partial charge in [0.05, 0.1) is 11.6 Å². The van der Waals surface area contributed by atoms with Crippen LogP contribution >= 0.6 is 23.8 Å². The summed E-state index contributed by atoms with van der Waals surface area (Å²) in [5.41, 5.74) is 3.83. The molecule has 1 aliphatic heterocycles. The van der Waals surface area contributed by atoms with Crippen LogP contribution in [0.5, 0.6) is 0 Å². The fourth-order valence-electron chi connectivity index (χ4n) is 3.92. The molecule has 164 valence electrons. The predicted octanol–water partition coefficient (Wildman–Crippen LogP) is 6.40. The molecule has 0 amide bonds. The van der Waals surface area contributed by atoms with E-state index in [1.807, 2.05) is 60.4 Å². The maximum atomic E-state index is 14.1. The molecule has 0 saturated heterocycles. The van der Waals surface area contributed by atoms with Crippen LogP contribution in [-0.2, 0) is 0 Å². The van der Waals surface area contributed by atoms with Gasteiger partial charge in [0.25, 0.3) is 5.89 Å². The van der Waals surface area contributed by atoms with Crippen molar-refractivity contribution in [3.05, 3.63) is 107 Å². The molecule has 1 unspecified atom stereocenters. The minimum atomic E-state index is -0.471. The summed E-state index contributed by atoms with van der Waals surface area (Å²) in [6.07, 6.45) is 0. The van der Waals surface area contributed by atoms with Crippen molar-refractivity contribution in [1.29, 1.82) is 0 Å². The van der Waals surface area contributed by atoms with Gasteiger partial charge >= 0.3 is 0 Å². The number of hydrogen-bond acceptors (Lipinski definition) is 4. The first-order valence-corrected chi connectivity index (χ1v) is 11.0. The van der Waals surface area contributed by atoms with E-state index in [2.05, 4.69) is 15.5 Å². The molecule has 0 spiro atoms. The van der Waals surface area contributed by atoms with Crippen LogP contribution in [0.25, 0.3) is 17.0 Å². The van der Waals surface area contributed by atoms with Crippen molar-refractivity contribution in [1.82, 2.24) is 15.5 Å². The number of rotatable bonds is 4. The summed E-state index contributed by atoms with van der Waals surface area (Å²) in [7, 11) is 0. The van der Waals surface area contributed by atoms with E-state index in [1.54, 1.807) is 18.2 Å². The van der Waals surface area contributed by atoms with Gasteiger partial charge in [-0.3, -0.25) is 4.90 Å². The summed E-state index contributed by atoms with van der Waals surface area (Å²) in [5, 5.41) is 8.56. The average molecular weight is 477 g/mol. The van der Waals surface area contributed by atoms with Crippen molar-refractivity contribution in [3.8, 4) is 11.4 Å². The minimum absolute atomic E-state index is 0.313. The third-order valence-electron chi connectivity index (χ3n) is 5.42. The quantitative estimate of drug-likeness (QED) is 0.344. The molecule has 5 nitrogen and oxygen atoms in total. The van der Waals surface area contributed by atoms with Crippen LogP contribution in [0.3, 0.4) is 0 Å². The second-order valence-corrected chi connectivity index (χ2v) is 8.36. The Bertz CT molecular complexity index is 1370. The fraction of sp³-hybridized carbons (Fsp3) is 0.0800. The first-order valence-electron chi connectivity index (χ1n) is 10.2. The molecular formula is C25H18ClFN4OS. The van der Waals surface area contributed by atoms with Crippen molar-refractivity contribution in [3.63, 3.8) is 0 Å². The molecule has 33 heavy (non-hydrogen) atoms. The van der Waals surface area contributed by atoms with Crippen molar-refractivity contribution in [2.45, 2.75) is 13.0 Å². The summed E-state index contributed by atoms with van der Waals surface area (Å²) in [4.78, 5) is 6.56. The van der Waals surface area contributed by atoms with Gasteiger partial charge in [-0.2, -0.15) is 4.98 Å². The first-order chi connectivity index (χ1) is 16.0. The lowest BCUT2D eigenvalue weighted by atomic mass is 9.94. The van der Waals surface area contributed by atoms with E-state index in [1.165, 1.54) is 12.1 Å². The first kappa shape index (κ1) is 21.3. The number of anilines is 1. The Morgan fingerprint density at radius 3 is 2.58 bits per heavy atom. The Morgan fingerprint density at radius 1 is 1.03 bits per heavy atom. The lowest BCUT2D eigenvalue weighted by molar-refractivity contribution is 0.404. The molecule has 0 saturated carbocycles. The van der Waals surface area contributed by atoms with Gasteiger partial charge in [0.2, 0.25) is 5.82 Å². The molecule has 0 bridgehead atoms. The normalized spacial score (nSPS) is 16.2. The summed E-state index contributed by atoms with van der Waals surface area (Å²) < 4.78 is 19.8. The lowest BCUT2D eigenvalue weighted by Gasteiger charge is -2.37. The van der Waals surface area contributed by atoms with Crippen LogP contribution < -0.4 is 10.2 Å². The Balaban J connectivity index is 1.67. The van der Waals surface area contributed by atoms with Crippen LogP contribution in [0.4, 0.5) is 10.1 Å². The molecular weight excluding hydrogens is 459 g/mol. The average Bonchev–Trinajstić information content (AvgIpc) is 3.29. The highest BCUT2D eigenvalue weighted by Crippen LogP contribution is 2.39. The van der Waals surface area contributed by atoms with Gasteiger partial charge in [-0.25, -0.2) is 4.39 Å². The van der Waals surface area contributed by atoms with E-state index < -0.39 is 6.04 Å². The van der Waals surface area contributed by atoms with Gasteiger partial charge in [-0.15, -0.1) is 0 Å². The van der Waals surface area contributed by atoms with Crippen molar-refractivity contribution in [2.24, 2.45) is 0 Å². The van der Waals surface area contributed by atoms with Crippen LogP contribution in [0, 0.1) is 5.82 Å². The van der Waals surface area contributed by atoms with E-state index in [9.17, 15) is 4.39 Å². The zero-order chi connectivity index (χ0) is 22.9. The second kappa shape index (κ2) is 8.77. The number of thiocarbonyl (C=S) groups is 1. The molecule has 8 heteroatoms. The molecule has 1 aliphatic rings. The summed E-state index contributed by atoms with van der Waals surface area (Å²) in [6.45, 7) is 1.94. The number of allylic oxidation sites excluding steroid dienone is 1. The minimum Gasteiger partial charge on any atom is -0.351 e. The van der Waals surface area contributed by atoms with Gasteiger partial charge in [0.1, 0.15) is 5.82 Å². The van der Waals surface area contributed by atoms with Crippen molar-refractivity contribution in [2.75, 3.05) is 4.90 Å².